The van der Waals surface area contributed by atoms with E-state index < -0.39 is 6.09 Å². The number of aromatic amines is 1. The van der Waals surface area contributed by atoms with Gasteiger partial charge < -0.3 is 28.2 Å². The van der Waals surface area contributed by atoms with Gasteiger partial charge in [-0.2, -0.15) is 0 Å². The second kappa shape index (κ2) is 10.3. The molecule has 29 heavy (non-hydrogen) atoms. The molecule has 0 aliphatic heterocycles. The zero-order valence-electron chi connectivity index (χ0n) is 16.5. The molecule has 6 nitrogen and oxygen atoms in total. The minimum absolute atomic E-state index is 0. The molecule has 0 spiro atoms. The van der Waals surface area contributed by atoms with Crippen molar-refractivity contribution in [2.24, 2.45) is 0 Å². The van der Waals surface area contributed by atoms with E-state index in [9.17, 15) is 4.79 Å². The van der Waals surface area contributed by atoms with Crippen molar-refractivity contribution in [2.45, 2.75) is 20.4 Å². The van der Waals surface area contributed by atoms with Crippen LogP contribution in [-0.2, 0) is 11.3 Å². The Kier molecular flexibility index (Phi) is 7.86. The predicted octanol–water partition coefficient (Wildman–Crippen LogP) is 1.24. The minimum atomic E-state index is -0.532. The number of carbonyl (C=O) groups is 1. The lowest BCUT2D eigenvalue weighted by Crippen LogP contribution is -3.00. The van der Waals surface area contributed by atoms with E-state index in [2.05, 4.69) is 52.9 Å². The maximum absolute atomic E-state index is 11.5. The summed E-state index contributed by atoms with van der Waals surface area (Å²) in [7, 11) is 0. The molecule has 1 amide bonds. The molecular weight excluding hydrogens is 388 g/mol. The van der Waals surface area contributed by atoms with Crippen LogP contribution >= 0.6 is 0 Å². The van der Waals surface area contributed by atoms with E-state index in [1.807, 2.05) is 24.3 Å². The van der Waals surface area contributed by atoms with Crippen LogP contribution in [0.25, 0.3) is 11.1 Å². The molecule has 0 saturated carbocycles. The van der Waals surface area contributed by atoms with Crippen LogP contribution in [0.1, 0.15) is 18.1 Å². The van der Waals surface area contributed by atoms with Gasteiger partial charge in [-0.15, -0.1) is 0 Å². The lowest BCUT2D eigenvalue weighted by atomic mass is 9.96. The minimum Gasteiger partial charge on any atom is -1.00 e. The first-order valence-corrected chi connectivity index (χ1v) is 9.22. The Balaban J connectivity index is 0.00000300. The largest absolute Gasteiger partial charge is 1.00 e. The van der Waals surface area contributed by atoms with Crippen LogP contribution in [0, 0.1) is 6.92 Å². The Morgan fingerprint density at radius 3 is 2.41 bits per heavy atom. The van der Waals surface area contributed by atoms with Gasteiger partial charge in [-0.05, 0) is 42.2 Å². The standard InChI is InChI=1S/C22H24N4O2.ClH/c1-3-28-22(27)25-19-12-13-20(26-21(19)23)24-14-16-9-5-7-11-18(16)17-10-6-4-8-15(17)2;/h4-13H,3,14H2,1-2H3,(H,25,27)(H3,23,24,26);1H. The Bertz CT molecular complexity index is 979. The first-order valence-electron chi connectivity index (χ1n) is 9.22. The molecule has 3 aromatic rings. The number of rotatable bonds is 6. The number of hydrogen-bond acceptors (Lipinski definition) is 4. The van der Waals surface area contributed by atoms with Crippen LogP contribution in [0.2, 0.25) is 0 Å². The summed E-state index contributed by atoms with van der Waals surface area (Å²) in [5, 5.41) is 5.96. The van der Waals surface area contributed by atoms with Crippen molar-refractivity contribution in [3.8, 4) is 11.1 Å². The molecule has 0 unspecified atom stereocenters. The molecule has 0 bridgehead atoms. The third kappa shape index (κ3) is 5.62. The molecular formula is C22H25ClN4O2. The average Bonchev–Trinajstić information content (AvgIpc) is 2.69. The SMILES string of the molecule is CCOC(=O)Nc1ccc(NCc2ccccc2-c2ccccc2C)[nH+]c1N.[Cl-]. The summed E-state index contributed by atoms with van der Waals surface area (Å²) in [5.41, 5.74) is 11.3. The molecule has 0 saturated heterocycles. The maximum Gasteiger partial charge on any atom is 0.411 e. The summed E-state index contributed by atoms with van der Waals surface area (Å²) in [6.07, 6.45) is -0.532. The van der Waals surface area contributed by atoms with Crippen molar-refractivity contribution >= 4 is 23.4 Å². The molecule has 5 N–H and O–H groups in total. The molecule has 1 heterocycles. The summed E-state index contributed by atoms with van der Waals surface area (Å²) in [4.78, 5) is 14.6. The van der Waals surface area contributed by atoms with Crippen molar-refractivity contribution < 1.29 is 26.9 Å². The van der Waals surface area contributed by atoms with Gasteiger partial charge in [0.05, 0.1) is 13.2 Å². The smallest absolute Gasteiger partial charge is 0.411 e. The summed E-state index contributed by atoms with van der Waals surface area (Å²) < 4.78 is 4.87. The number of ether oxygens (including phenoxy) is 1. The predicted molar refractivity (Wildman–Crippen MR) is 112 cm³/mol. The van der Waals surface area contributed by atoms with Crippen LogP contribution in [0.15, 0.2) is 60.7 Å². The van der Waals surface area contributed by atoms with Crippen molar-refractivity contribution in [1.29, 1.82) is 0 Å². The average molecular weight is 413 g/mol. The maximum atomic E-state index is 11.5. The molecule has 0 aliphatic carbocycles. The highest BCUT2D eigenvalue weighted by atomic mass is 35.5. The Labute approximate surface area is 176 Å². The molecule has 0 radical (unpaired) electrons. The van der Waals surface area contributed by atoms with Gasteiger partial charge >= 0.3 is 6.09 Å². The number of carbonyl (C=O) groups excluding carboxylic acids is 1. The second-order valence-corrected chi connectivity index (χ2v) is 6.37. The zero-order chi connectivity index (χ0) is 19.9. The molecule has 0 atom stereocenters. The van der Waals surface area contributed by atoms with Gasteiger partial charge in [0.2, 0.25) is 11.6 Å². The number of halogens is 1. The molecule has 152 valence electrons. The zero-order valence-corrected chi connectivity index (χ0v) is 17.2. The Morgan fingerprint density at radius 1 is 1.03 bits per heavy atom. The van der Waals surface area contributed by atoms with Crippen LogP contribution in [-0.4, -0.2) is 12.7 Å². The van der Waals surface area contributed by atoms with Crippen LogP contribution in [0.5, 0.6) is 0 Å². The quantitative estimate of drug-likeness (QED) is 0.568. The second-order valence-electron chi connectivity index (χ2n) is 6.37. The van der Waals surface area contributed by atoms with Crippen LogP contribution < -0.4 is 33.8 Å². The highest BCUT2D eigenvalue weighted by Crippen LogP contribution is 2.27. The van der Waals surface area contributed by atoms with E-state index in [1.54, 1.807) is 13.0 Å². The number of benzene rings is 2. The number of aryl methyl sites for hydroxylation is 1. The molecule has 0 fully saturated rings. The van der Waals surface area contributed by atoms with Crippen molar-refractivity contribution in [2.75, 3.05) is 23.0 Å². The Morgan fingerprint density at radius 2 is 1.72 bits per heavy atom. The highest BCUT2D eigenvalue weighted by Gasteiger charge is 2.12. The normalized spacial score (nSPS) is 10.0. The first kappa shape index (κ1) is 22.0. The van der Waals surface area contributed by atoms with E-state index in [-0.39, 0.29) is 12.4 Å². The van der Waals surface area contributed by atoms with Gasteiger partial charge in [0, 0.05) is 6.07 Å². The van der Waals surface area contributed by atoms with Crippen molar-refractivity contribution in [3.63, 3.8) is 0 Å². The molecule has 7 heteroatoms. The van der Waals surface area contributed by atoms with Gasteiger partial charge in [0.15, 0.2) is 0 Å². The topological polar surface area (TPSA) is 90.5 Å². The van der Waals surface area contributed by atoms with E-state index in [4.69, 9.17) is 10.5 Å². The van der Waals surface area contributed by atoms with E-state index in [0.717, 1.165) is 5.82 Å². The lowest BCUT2D eigenvalue weighted by molar-refractivity contribution is -0.342. The molecule has 3 rings (SSSR count). The van der Waals surface area contributed by atoms with Crippen LogP contribution in [0.4, 0.5) is 22.1 Å². The van der Waals surface area contributed by atoms with E-state index in [1.165, 1.54) is 22.3 Å². The van der Waals surface area contributed by atoms with E-state index >= 15 is 0 Å². The monoisotopic (exact) mass is 412 g/mol. The van der Waals surface area contributed by atoms with Crippen molar-refractivity contribution in [1.82, 2.24) is 0 Å². The van der Waals surface area contributed by atoms with Gasteiger partial charge in [-0.1, -0.05) is 48.5 Å². The van der Waals surface area contributed by atoms with Gasteiger partial charge in [0.1, 0.15) is 5.69 Å². The number of aromatic nitrogens is 1. The number of pyridine rings is 1. The lowest BCUT2D eigenvalue weighted by Gasteiger charge is -2.12. The summed E-state index contributed by atoms with van der Waals surface area (Å²) in [5.74, 6) is 1.11. The van der Waals surface area contributed by atoms with Gasteiger partial charge in [-0.25, -0.2) is 9.78 Å². The van der Waals surface area contributed by atoms with Crippen LogP contribution in [0.3, 0.4) is 0 Å². The fraction of sp³-hybridized carbons (Fsp3) is 0.182. The third-order valence-electron chi connectivity index (χ3n) is 4.41. The third-order valence-corrected chi connectivity index (χ3v) is 4.41. The first-order chi connectivity index (χ1) is 13.6. The van der Waals surface area contributed by atoms with Gasteiger partial charge in [-0.3, -0.25) is 5.32 Å². The molecule has 0 aliphatic rings. The number of nitrogen functional groups attached to an aromatic ring is 1. The number of nitrogens with one attached hydrogen (secondary N) is 3. The highest BCUT2D eigenvalue weighted by molar-refractivity contribution is 5.87. The summed E-state index contributed by atoms with van der Waals surface area (Å²) in [6, 6.07) is 20.2. The molecule has 2 aromatic carbocycles. The van der Waals surface area contributed by atoms with Crippen molar-refractivity contribution in [3.05, 3.63) is 71.8 Å². The Hall–Kier alpha value is -3.25. The number of anilines is 3. The fourth-order valence-corrected chi connectivity index (χ4v) is 3.00. The number of hydrogen-bond donors (Lipinski definition) is 3. The number of H-pyrrole nitrogens is 1. The summed E-state index contributed by atoms with van der Waals surface area (Å²) >= 11 is 0. The number of nitrogens with two attached hydrogens (primary N) is 1. The fourth-order valence-electron chi connectivity index (χ4n) is 3.00. The number of amides is 1. The molecule has 1 aromatic heterocycles. The van der Waals surface area contributed by atoms with Gasteiger partial charge in [0.25, 0.3) is 0 Å². The van der Waals surface area contributed by atoms with E-state index in [0.29, 0.717) is 24.7 Å². The summed E-state index contributed by atoms with van der Waals surface area (Å²) in [6.45, 7) is 4.79.